The molecule has 2 fully saturated rings. The van der Waals surface area contributed by atoms with Crippen molar-refractivity contribution in [3.05, 3.63) is 32.9 Å². The number of carboxylic acid groups (broad SMARTS) is 1. The maximum Gasteiger partial charge on any atom is 0.311 e. The highest BCUT2D eigenvalue weighted by Crippen LogP contribution is 2.49. The van der Waals surface area contributed by atoms with Crippen LogP contribution in [0.2, 0.25) is 0 Å². The summed E-state index contributed by atoms with van der Waals surface area (Å²) in [5, 5.41) is 9.60. The van der Waals surface area contributed by atoms with Gasteiger partial charge in [0.15, 0.2) is 0 Å². The first-order valence-electron chi connectivity index (χ1n) is 7.23. The van der Waals surface area contributed by atoms with Crippen LogP contribution in [0.15, 0.2) is 18.2 Å². The second-order valence-electron chi connectivity index (χ2n) is 6.17. The zero-order valence-electron chi connectivity index (χ0n) is 11.9. The normalized spacial score (nSPS) is 27.7. The first kappa shape index (κ1) is 14.8. The van der Waals surface area contributed by atoms with Crippen molar-refractivity contribution in [2.45, 2.75) is 26.2 Å². The predicted octanol–water partition coefficient (Wildman–Crippen LogP) is 2.93. The number of carbonyl (C=O) groups excluding carboxylic acids is 1. The van der Waals surface area contributed by atoms with Gasteiger partial charge in [-0.2, -0.15) is 0 Å². The van der Waals surface area contributed by atoms with Gasteiger partial charge in [-0.3, -0.25) is 9.59 Å². The molecule has 1 amide bonds. The first-order chi connectivity index (χ1) is 9.95. The van der Waals surface area contributed by atoms with Crippen LogP contribution in [0.5, 0.6) is 0 Å². The number of amides is 1. The van der Waals surface area contributed by atoms with Crippen molar-refractivity contribution in [2.24, 2.45) is 11.3 Å². The molecule has 4 nitrogen and oxygen atoms in total. The number of fused-ring (bicyclic) bond motifs is 1. The number of hydrogen-bond donors (Lipinski definition) is 1. The number of halogens is 1. The van der Waals surface area contributed by atoms with E-state index in [0.29, 0.717) is 25.1 Å². The third-order valence-corrected chi connectivity index (χ3v) is 6.44. The van der Waals surface area contributed by atoms with Gasteiger partial charge in [0, 0.05) is 16.7 Å². The first-order valence-corrected chi connectivity index (χ1v) is 8.31. The molecule has 0 aromatic heterocycles. The van der Waals surface area contributed by atoms with E-state index in [1.807, 2.05) is 25.1 Å². The van der Waals surface area contributed by atoms with E-state index >= 15 is 0 Å². The minimum Gasteiger partial charge on any atom is -0.481 e. The smallest absolute Gasteiger partial charge is 0.311 e. The topological polar surface area (TPSA) is 57.6 Å². The fraction of sp³-hybridized carbons (Fsp3) is 0.500. The van der Waals surface area contributed by atoms with E-state index in [1.54, 1.807) is 4.90 Å². The van der Waals surface area contributed by atoms with Crippen molar-refractivity contribution in [3.8, 4) is 0 Å². The summed E-state index contributed by atoms with van der Waals surface area (Å²) in [7, 11) is 0. The standard InChI is InChI=1S/C16H18INO3/c1-10-4-2-6-12(13(10)17)14(19)18-8-11-5-3-7-16(11,9-18)15(20)21/h2,4,6,11H,3,5,7-9H2,1H3,(H,20,21)/t11-,16+/m0/s1. The van der Waals surface area contributed by atoms with Gasteiger partial charge in [0.1, 0.15) is 0 Å². The molecule has 1 aliphatic heterocycles. The van der Waals surface area contributed by atoms with Crippen LogP contribution in [0, 0.1) is 21.8 Å². The van der Waals surface area contributed by atoms with Crippen molar-refractivity contribution in [1.29, 1.82) is 0 Å². The molecule has 1 saturated heterocycles. The summed E-state index contributed by atoms with van der Waals surface area (Å²) >= 11 is 2.19. The second kappa shape index (κ2) is 5.26. The molecule has 3 rings (SSSR count). The van der Waals surface area contributed by atoms with Gasteiger partial charge in [-0.05, 0) is 59.9 Å². The lowest BCUT2D eigenvalue weighted by atomic mass is 9.81. The zero-order chi connectivity index (χ0) is 15.2. The molecule has 2 atom stereocenters. The van der Waals surface area contributed by atoms with Crippen LogP contribution in [-0.2, 0) is 4.79 Å². The monoisotopic (exact) mass is 399 g/mol. The highest BCUT2D eigenvalue weighted by atomic mass is 127. The van der Waals surface area contributed by atoms with Gasteiger partial charge in [0.25, 0.3) is 5.91 Å². The SMILES string of the molecule is Cc1cccc(C(=O)N2C[C@@H]3CCC[C@@]3(C(=O)O)C2)c1I. The molecular formula is C16H18INO3. The molecule has 21 heavy (non-hydrogen) atoms. The average molecular weight is 399 g/mol. The van der Waals surface area contributed by atoms with E-state index < -0.39 is 11.4 Å². The summed E-state index contributed by atoms with van der Waals surface area (Å²) < 4.78 is 0.960. The maximum absolute atomic E-state index is 12.7. The van der Waals surface area contributed by atoms with Crippen LogP contribution in [0.25, 0.3) is 0 Å². The Kier molecular flexibility index (Phi) is 3.71. The van der Waals surface area contributed by atoms with Crippen molar-refractivity contribution < 1.29 is 14.7 Å². The van der Waals surface area contributed by atoms with Crippen LogP contribution in [-0.4, -0.2) is 35.0 Å². The zero-order valence-corrected chi connectivity index (χ0v) is 14.1. The summed E-state index contributed by atoms with van der Waals surface area (Å²) in [4.78, 5) is 26.2. The number of rotatable bonds is 2. The Morgan fingerprint density at radius 1 is 1.43 bits per heavy atom. The summed E-state index contributed by atoms with van der Waals surface area (Å²) in [5.41, 5.74) is 1.06. The van der Waals surface area contributed by atoms with Crippen molar-refractivity contribution in [2.75, 3.05) is 13.1 Å². The molecule has 5 heteroatoms. The van der Waals surface area contributed by atoms with Crippen LogP contribution in [0.1, 0.15) is 35.2 Å². The molecule has 2 aliphatic rings. The number of aliphatic carboxylic acids is 1. The van der Waals surface area contributed by atoms with Gasteiger partial charge in [0.05, 0.1) is 11.0 Å². The second-order valence-corrected chi connectivity index (χ2v) is 7.25. The average Bonchev–Trinajstić information content (AvgIpc) is 2.98. The Bertz CT molecular complexity index is 616. The Morgan fingerprint density at radius 3 is 2.86 bits per heavy atom. The van der Waals surface area contributed by atoms with E-state index in [9.17, 15) is 14.7 Å². The molecule has 0 spiro atoms. The fourth-order valence-electron chi connectivity index (χ4n) is 3.78. The van der Waals surface area contributed by atoms with Crippen molar-refractivity contribution >= 4 is 34.5 Å². The summed E-state index contributed by atoms with van der Waals surface area (Å²) in [6.45, 7) is 2.92. The van der Waals surface area contributed by atoms with Crippen molar-refractivity contribution in [3.63, 3.8) is 0 Å². The van der Waals surface area contributed by atoms with Gasteiger partial charge >= 0.3 is 5.97 Å². The number of likely N-dealkylation sites (tertiary alicyclic amines) is 1. The van der Waals surface area contributed by atoms with E-state index in [2.05, 4.69) is 22.6 Å². The van der Waals surface area contributed by atoms with Gasteiger partial charge in [-0.1, -0.05) is 18.6 Å². The molecule has 1 aromatic rings. The number of nitrogens with zero attached hydrogens (tertiary/aromatic N) is 1. The van der Waals surface area contributed by atoms with Crippen LogP contribution in [0.3, 0.4) is 0 Å². The molecule has 1 saturated carbocycles. The Morgan fingerprint density at radius 2 is 2.19 bits per heavy atom. The Balaban J connectivity index is 1.88. The number of carbonyl (C=O) groups is 2. The van der Waals surface area contributed by atoms with E-state index in [-0.39, 0.29) is 11.8 Å². The minimum atomic E-state index is -0.737. The highest BCUT2D eigenvalue weighted by molar-refractivity contribution is 14.1. The minimum absolute atomic E-state index is 0.0295. The van der Waals surface area contributed by atoms with Gasteiger partial charge in [-0.25, -0.2) is 0 Å². The number of hydrogen-bond acceptors (Lipinski definition) is 2. The molecule has 0 bridgehead atoms. The third kappa shape index (κ3) is 2.25. The van der Waals surface area contributed by atoms with E-state index in [1.165, 1.54) is 0 Å². The van der Waals surface area contributed by atoms with Gasteiger partial charge < -0.3 is 10.0 Å². The summed E-state index contributed by atoms with van der Waals surface area (Å²) in [6, 6.07) is 5.70. The van der Waals surface area contributed by atoms with Gasteiger partial charge in [-0.15, -0.1) is 0 Å². The highest BCUT2D eigenvalue weighted by Gasteiger charge is 2.55. The van der Waals surface area contributed by atoms with Crippen LogP contribution >= 0.6 is 22.6 Å². The molecule has 112 valence electrons. The fourth-order valence-corrected chi connectivity index (χ4v) is 4.37. The lowest BCUT2D eigenvalue weighted by Crippen LogP contribution is -2.37. The molecule has 0 unspecified atom stereocenters. The Labute approximate surface area is 137 Å². The molecule has 1 heterocycles. The summed E-state index contributed by atoms with van der Waals surface area (Å²) in [5.74, 6) is -0.654. The van der Waals surface area contributed by atoms with Crippen LogP contribution < -0.4 is 0 Å². The summed E-state index contributed by atoms with van der Waals surface area (Å²) in [6.07, 6.45) is 2.57. The van der Waals surface area contributed by atoms with Crippen molar-refractivity contribution in [1.82, 2.24) is 4.90 Å². The predicted molar refractivity (Wildman–Crippen MR) is 87.2 cm³/mol. The van der Waals surface area contributed by atoms with Gasteiger partial charge in [0.2, 0.25) is 0 Å². The lowest BCUT2D eigenvalue weighted by molar-refractivity contribution is -0.149. The van der Waals surface area contributed by atoms with E-state index in [4.69, 9.17) is 0 Å². The quantitative estimate of drug-likeness (QED) is 0.779. The molecule has 1 aliphatic carbocycles. The number of benzene rings is 1. The molecular weight excluding hydrogens is 381 g/mol. The lowest BCUT2D eigenvalue weighted by Gasteiger charge is -2.23. The molecule has 1 aromatic carbocycles. The molecule has 1 N–H and O–H groups in total. The third-order valence-electron chi connectivity index (χ3n) is 5.01. The Hall–Kier alpha value is -1.11. The maximum atomic E-state index is 12.7. The van der Waals surface area contributed by atoms with E-state index in [0.717, 1.165) is 22.0 Å². The number of carboxylic acids is 1. The largest absolute Gasteiger partial charge is 0.481 e. The van der Waals surface area contributed by atoms with Crippen LogP contribution in [0.4, 0.5) is 0 Å². The number of aryl methyl sites for hydroxylation is 1. The molecule has 0 radical (unpaired) electrons.